The van der Waals surface area contributed by atoms with E-state index in [2.05, 4.69) is 31.2 Å². The summed E-state index contributed by atoms with van der Waals surface area (Å²) >= 11 is 0. The fraction of sp³-hybridized carbons (Fsp3) is 0.278. The summed E-state index contributed by atoms with van der Waals surface area (Å²) in [5.41, 5.74) is 4.05. The molecule has 1 aliphatic rings. The number of carbonyl (C=O) groups is 1. The molecule has 0 spiro atoms. The Morgan fingerprint density at radius 3 is 2.57 bits per heavy atom. The fourth-order valence-electron chi connectivity index (χ4n) is 2.69. The van der Waals surface area contributed by atoms with Crippen LogP contribution in [0, 0.1) is 6.92 Å². The van der Waals surface area contributed by atoms with Crippen LogP contribution in [0.3, 0.4) is 0 Å². The molecule has 0 aromatic heterocycles. The van der Waals surface area contributed by atoms with Crippen LogP contribution in [0.1, 0.15) is 22.3 Å². The first-order valence-corrected chi connectivity index (χ1v) is 7.28. The highest BCUT2D eigenvalue weighted by molar-refractivity contribution is 5.95. The third-order valence-electron chi connectivity index (χ3n) is 3.95. The number of aryl methyl sites for hydroxylation is 1. The smallest absolute Gasteiger partial charge is 0.253 e. The quantitative estimate of drug-likeness (QED) is 0.919. The number of nitrogens with zero attached hydrogens (tertiary/aromatic N) is 1. The van der Waals surface area contributed by atoms with Crippen LogP contribution in [0.15, 0.2) is 48.5 Å². The predicted octanol–water partition coefficient (Wildman–Crippen LogP) is 2.87. The summed E-state index contributed by atoms with van der Waals surface area (Å²) in [6.07, 6.45) is 0.290. The first-order valence-electron chi connectivity index (χ1n) is 7.28. The van der Waals surface area contributed by atoms with E-state index in [1.807, 2.05) is 24.3 Å². The Bertz CT molecular complexity index is 649. The molecule has 0 saturated carbocycles. The summed E-state index contributed by atoms with van der Waals surface area (Å²) < 4.78 is 0. The van der Waals surface area contributed by atoms with Crippen molar-refractivity contribution in [2.45, 2.75) is 19.4 Å². The summed E-state index contributed by atoms with van der Waals surface area (Å²) in [6.45, 7) is 3.13. The molecule has 0 unspecified atom stereocenters. The summed E-state index contributed by atoms with van der Waals surface area (Å²) in [6, 6.07) is 16.0. The lowest BCUT2D eigenvalue weighted by Crippen LogP contribution is -2.29. The van der Waals surface area contributed by atoms with Gasteiger partial charge in [-0.3, -0.25) is 4.79 Å². The van der Waals surface area contributed by atoms with E-state index in [4.69, 9.17) is 0 Å². The molecule has 0 bridgehead atoms. The molecule has 21 heavy (non-hydrogen) atoms. The minimum absolute atomic E-state index is 0.000474. The number of carbonyl (C=O) groups excluding carboxylic acids is 1. The Morgan fingerprint density at radius 2 is 1.90 bits per heavy atom. The molecule has 1 fully saturated rings. The first kappa shape index (κ1) is 13.8. The summed E-state index contributed by atoms with van der Waals surface area (Å²) in [7, 11) is 0. The van der Waals surface area contributed by atoms with E-state index in [0.717, 1.165) is 11.1 Å². The maximum Gasteiger partial charge on any atom is 0.253 e. The highest BCUT2D eigenvalue weighted by Gasteiger charge is 2.25. The van der Waals surface area contributed by atoms with Crippen molar-refractivity contribution in [1.29, 1.82) is 0 Å². The third kappa shape index (κ3) is 2.98. The number of benzene rings is 2. The van der Waals surface area contributed by atoms with Crippen molar-refractivity contribution < 1.29 is 9.90 Å². The molecule has 1 aliphatic heterocycles. The summed E-state index contributed by atoms with van der Waals surface area (Å²) in [4.78, 5) is 14.2. The molecule has 1 atom stereocenters. The van der Waals surface area contributed by atoms with E-state index in [1.165, 1.54) is 5.56 Å². The van der Waals surface area contributed by atoms with Gasteiger partial charge in [0.2, 0.25) is 0 Å². The SMILES string of the molecule is Cc1ccc(-c2cccc(C(=O)N3CC[C@@H](O)C3)c2)cc1. The Kier molecular flexibility index (Phi) is 3.76. The molecule has 1 amide bonds. The lowest BCUT2D eigenvalue weighted by molar-refractivity contribution is 0.0765. The van der Waals surface area contributed by atoms with Crippen LogP contribution in [0.25, 0.3) is 11.1 Å². The van der Waals surface area contributed by atoms with Gasteiger partial charge in [0.15, 0.2) is 0 Å². The number of hydrogen-bond acceptors (Lipinski definition) is 2. The van der Waals surface area contributed by atoms with Gasteiger partial charge < -0.3 is 10.0 Å². The zero-order valence-corrected chi connectivity index (χ0v) is 12.1. The molecule has 0 radical (unpaired) electrons. The topological polar surface area (TPSA) is 40.5 Å². The van der Waals surface area contributed by atoms with Crippen molar-refractivity contribution in [3.05, 3.63) is 59.7 Å². The minimum Gasteiger partial charge on any atom is -0.391 e. The maximum absolute atomic E-state index is 12.4. The Balaban J connectivity index is 1.86. The molecular formula is C18H19NO2. The Labute approximate surface area is 124 Å². The molecule has 108 valence electrons. The van der Waals surface area contributed by atoms with Gasteiger partial charge in [-0.1, -0.05) is 42.0 Å². The molecule has 0 aliphatic carbocycles. The third-order valence-corrected chi connectivity index (χ3v) is 3.95. The maximum atomic E-state index is 12.4. The fourth-order valence-corrected chi connectivity index (χ4v) is 2.69. The Hall–Kier alpha value is -2.13. The number of hydrogen-bond donors (Lipinski definition) is 1. The van der Waals surface area contributed by atoms with Gasteiger partial charge >= 0.3 is 0 Å². The normalized spacial score (nSPS) is 18.0. The van der Waals surface area contributed by atoms with E-state index in [1.54, 1.807) is 4.90 Å². The molecule has 2 aromatic carbocycles. The van der Waals surface area contributed by atoms with Crippen molar-refractivity contribution in [3.8, 4) is 11.1 Å². The van der Waals surface area contributed by atoms with Gasteiger partial charge in [0.25, 0.3) is 5.91 Å². The van der Waals surface area contributed by atoms with Crippen LogP contribution in [0.4, 0.5) is 0 Å². The number of likely N-dealkylation sites (tertiary alicyclic amines) is 1. The van der Waals surface area contributed by atoms with Crippen molar-refractivity contribution >= 4 is 5.91 Å². The van der Waals surface area contributed by atoms with Crippen LogP contribution in [-0.4, -0.2) is 35.1 Å². The van der Waals surface area contributed by atoms with Crippen LogP contribution in [-0.2, 0) is 0 Å². The van der Waals surface area contributed by atoms with Gasteiger partial charge in [0.05, 0.1) is 6.10 Å². The van der Waals surface area contributed by atoms with E-state index >= 15 is 0 Å². The van der Waals surface area contributed by atoms with E-state index < -0.39 is 0 Å². The molecule has 1 saturated heterocycles. The highest BCUT2D eigenvalue weighted by Crippen LogP contribution is 2.22. The van der Waals surface area contributed by atoms with Crippen LogP contribution in [0.5, 0.6) is 0 Å². The second kappa shape index (κ2) is 5.70. The zero-order valence-electron chi connectivity index (χ0n) is 12.1. The summed E-state index contributed by atoms with van der Waals surface area (Å²) in [5, 5.41) is 9.56. The van der Waals surface area contributed by atoms with E-state index in [9.17, 15) is 9.90 Å². The predicted molar refractivity (Wildman–Crippen MR) is 83.1 cm³/mol. The molecule has 2 aromatic rings. The van der Waals surface area contributed by atoms with Crippen molar-refractivity contribution in [2.24, 2.45) is 0 Å². The average molecular weight is 281 g/mol. The monoisotopic (exact) mass is 281 g/mol. The van der Waals surface area contributed by atoms with E-state index in [-0.39, 0.29) is 12.0 Å². The van der Waals surface area contributed by atoms with Gasteiger partial charge in [-0.05, 0) is 36.6 Å². The Morgan fingerprint density at radius 1 is 1.14 bits per heavy atom. The second-order valence-corrected chi connectivity index (χ2v) is 5.64. The van der Waals surface area contributed by atoms with E-state index in [0.29, 0.717) is 25.1 Å². The molecule has 3 nitrogen and oxygen atoms in total. The lowest BCUT2D eigenvalue weighted by atomic mass is 10.0. The zero-order chi connectivity index (χ0) is 14.8. The van der Waals surface area contributed by atoms with Crippen LogP contribution in [0.2, 0.25) is 0 Å². The number of amides is 1. The van der Waals surface area contributed by atoms with Gasteiger partial charge in [-0.15, -0.1) is 0 Å². The molecule has 1 N–H and O–H groups in total. The number of aliphatic hydroxyl groups is 1. The molecule has 3 heteroatoms. The number of rotatable bonds is 2. The van der Waals surface area contributed by atoms with Crippen molar-refractivity contribution in [3.63, 3.8) is 0 Å². The van der Waals surface area contributed by atoms with Gasteiger partial charge in [0.1, 0.15) is 0 Å². The largest absolute Gasteiger partial charge is 0.391 e. The van der Waals surface area contributed by atoms with Gasteiger partial charge in [0, 0.05) is 18.7 Å². The lowest BCUT2D eigenvalue weighted by Gasteiger charge is -2.16. The van der Waals surface area contributed by atoms with Crippen LogP contribution >= 0.6 is 0 Å². The van der Waals surface area contributed by atoms with Crippen molar-refractivity contribution in [1.82, 2.24) is 4.90 Å². The standard InChI is InChI=1S/C18H19NO2/c1-13-5-7-14(8-6-13)15-3-2-4-16(11-15)18(21)19-10-9-17(20)12-19/h2-8,11,17,20H,9-10,12H2,1H3/t17-/m1/s1. The average Bonchev–Trinajstić information content (AvgIpc) is 2.94. The molecule has 1 heterocycles. The van der Waals surface area contributed by atoms with Gasteiger partial charge in [-0.2, -0.15) is 0 Å². The number of aliphatic hydroxyl groups excluding tert-OH is 1. The number of β-amino-alcohol motifs (C(OH)–C–C–N with tert-alkyl or cyclic N) is 1. The minimum atomic E-state index is -0.380. The van der Waals surface area contributed by atoms with Crippen LogP contribution < -0.4 is 0 Å². The highest BCUT2D eigenvalue weighted by atomic mass is 16.3. The molecule has 3 rings (SSSR count). The van der Waals surface area contributed by atoms with Gasteiger partial charge in [-0.25, -0.2) is 0 Å². The second-order valence-electron chi connectivity index (χ2n) is 5.64. The van der Waals surface area contributed by atoms with Crippen molar-refractivity contribution in [2.75, 3.05) is 13.1 Å². The summed E-state index contributed by atoms with van der Waals surface area (Å²) in [5.74, 6) is 0.000474. The first-order chi connectivity index (χ1) is 10.1. The molecular weight excluding hydrogens is 262 g/mol.